The normalized spacial score (nSPS) is 10.4. The molecule has 0 radical (unpaired) electrons. The van der Waals surface area contributed by atoms with Gasteiger partial charge in [-0.2, -0.15) is 0 Å². The molecular weight excluding hydrogens is 252 g/mol. The number of hydrogen-bond acceptors (Lipinski definition) is 3. The first kappa shape index (κ1) is 14.3. The molecule has 0 fully saturated rings. The number of amides is 1. The van der Waals surface area contributed by atoms with Crippen LogP contribution in [0.15, 0.2) is 43.0 Å². The molecule has 0 unspecified atom stereocenters. The second-order valence-corrected chi connectivity index (χ2v) is 4.54. The number of rotatable bonds is 7. The summed E-state index contributed by atoms with van der Waals surface area (Å²) < 4.78 is 1.99. The maximum atomic E-state index is 11.9. The molecule has 20 heavy (non-hydrogen) atoms. The van der Waals surface area contributed by atoms with Crippen molar-refractivity contribution in [2.75, 3.05) is 19.6 Å². The Morgan fingerprint density at radius 1 is 1.25 bits per heavy atom. The highest BCUT2D eigenvalue weighted by atomic mass is 16.1. The predicted octanol–water partition coefficient (Wildman–Crippen LogP) is 1.27. The lowest BCUT2D eigenvalue weighted by atomic mass is 10.1. The van der Waals surface area contributed by atoms with E-state index in [-0.39, 0.29) is 5.91 Å². The Balaban J connectivity index is 1.85. The SMILES string of the molecule is CCNCCNC(=O)c1ccc(Cn2ccnc2)cc1. The second kappa shape index (κ2) is 7.45. The zero-order valence-corrected chi connectivity index (χ0v) is 11.7. The maximum absolute atomic E-state index is 11.9. The number of aromatic nitrogens is 2. The highest BCUT2D eigenvalue weighted by Crippen LogP contribution is 2.06. The zero-order valence-electron chi connectivity index (χ0n) is 11.7. The molecule has 0 aliphatic heterocycles. The molecule has 2 rings (SSSR count). The summed E-state index contributed by atoms with van der Waals surface area (Å²) in [6.45, 7) is 5.16. The van der Waals surface area contributed by atoms with Crippen LogP contribution in [0.5, 0.6) is 0 Å². The van der Waals surface area contributed by atoms with Crippen molar-refractivity contribution in [1.29, 1.82) is 0 Å². The van der Waals surface area contributed by atoms with E-state index in [4.69, 9.17) is 0 Å². The molecule has 2 N–H and O–H groups in total. The molecule has 106 valence electrons. The summed E-state index contributed by atoms with van der Waals surface area (Å²) in [5.41, 5.74) is 1.84. The maximum Gasteiger partial charge on any atom is 0.251 e. The summed E-state index contributed by atoms with van der Waals surface area (Å²) in [6, 6.07) is 7.65. The van der Waals surface area contributed by atoms with Gasteiger partial charge in [0.2, 0.25) is 0 Å². The van der Waals surface area contributed by atoms with Crippen LogP contribution in [0.2, 0.25) is 0 Å². The Morgan fingerprint density at radius 2 is 2.05 bits per heavy atom. The minimum absolute atomic E-state index is 0.0305. The van der Waals surface area contributed by atoms with Crippen LogP contribution in [0.25, 0.3) is 0 Å². The minimum Gasteiger partial charge on any atom is -0.351 e. The second-order valence-electron chi connectivity index (χ2n) is 4.54. The largest absolute Gasteiger partial charge is 0.351 e. The monoisotopic (exact) mass is 272 g/mol. The average molecular weight is 272 g/mol. The van der Waals surface area contributed by atoms with Crippen molar-refractivity contribution in [3.8, 4) is 0 Å². The van der Waals surface area contributed by atoms with E-state index in [1.54, 1.807) is 12.5 Å². The van der Waals surface area contributed by atoms with Crippen molar-refractivity contribution in [1.82, 2.24) is 20.2 Å². The molecule has 0 saturated heterocycles. The van der Waals surface area contributed by atoms with E-state index in [1.165, 1.54) is 0 Å². The predicted molar refractivity (Wildman–Crippen MR) is 78.6 cm³/mol. The number of likely N-dealkylation sites (N-methyl/N-ethyl adjacent to an activating group) is 1. The molecule has 5 nitrogen and oxygen atoms in total. The fourth-order valence-corrected chi connectivity index (χ4v) is 1.90. The molecule has 1 aromatic carbocycles. The molecule has 0 saturated carbocycles. The van der Waals surface area contributed by atoms with Crippen LogP contribution in [0.1, 0.15) is 22.8 Å². The van der Waals surface area contributed by atoms with Gasteiger partial charge in [-0.25, -0.2) is 4.98 Å². The van der Waals surface area contributed by atoms with Gasteiger partial charge in [-0.15, -0.1) is 0 Å². The van der Waals surface area contributed by atoms with E-state index in [0.717, 1.165) is 25.2 Å². The Bertz CT molecular complexity index is 519. The third-order valence-electron chi connectivity index (χ3n) is 2.98. The molecule has 0 atom stereocenters. The van der Waals surface area contributed by atoms with Gasteiger partial charge in [0.15, 0.2) is 0 Å². The standard InChI is InChI=1S/C15H20N4O/c1-2-16-7-8-18-15(20)14-5-3-13(4-6-14)11-19-10-9-17-12-19/h3-6,9-10,12,16H,2,7-8,11H2,1H3,(H,18,20). The Morgan fingerprint density at radius 3 is 2.70 bits per heavy atom. The van der Waals surface area contributed by atoms with Crippen LogP contribution in [-0.2, 0) is 6.54 Å². The van der Waals surface area contributed by atoms with Crippen LogP contribution in [0, 0.1) is 0 Å². The molecule has 0 bridgehead atoms. The van der Waals surface area contributed by atoms with Crippen molar-refractivity contribution >= 4 is 5.91 Å². The minimum atomic E-state index is -0.0305. The summed E-state index contributed by atoms with van der Waals surface area (Å²) in [6.07, 6.45) is 5.45. The van der Waals surface area contributed by atoms with Crippen molar-refractivity contribution in [2.24, 2.45) is 0 Å². The number of nitrogens with one attached hydrogen (secondary N) is 2. The molecule has 0 aliphatic rings. The lowest BCUT2D eigenvalue weighted by molar-refractivity contribution is 0.0954. The third kappa shape index (κ3) is 4.20. The van der Waals surface area contributed by atoms with Gasteiger partial charge in [-0.1, -0.05) is 19.1 Å². The first-order chi connectivity index (χ1) is 9.79. The van der Waals surface area contributed by atoms with Crippen molar-refractivity contribution < 1.29 is 4.79 Å². The molecule has 0 spiro atoms. The highest BCUT2D eigenvalue weighted by molar-refractivity contribution is 5.94. The number of carbonyl (C=O) groups excluding carboxylic acids is 1. The quantitative estimate of drug-likeness (QED) is 0.746. The summed E-state index contributed by atoms with van der Waals surface area (Å²) >= 11 is 0. The van der Waals surface area contributed by atoms with Gasteiger partial charge in [-0.3, -0.25) is 4.79 Å². The Kier molecular flexibility index (Phi) is 5.32. The van der Waals surface area contributed by atoms with Crippen LogP contribution in [0.3, 0.4) is 0 Å². The molecule has 2 aromatic rings. The van der Waals surface area contributed by atoms with Gasteiger partial charge in [0.05, 0.1) is 6.33 Å². The van der Waals surface area contributed by atoms with Gasteiger partial charge < -0.3 is 15.2 Å². The smallest absolute Gasteiger partial charge is 0.251 e. The summed E-state index contributed by atoms with van der Waals surface area (Å²) in [7, 11) is 0. The topological polar surface area (TPSA) is 58.9 Å². The summed E-state index contributed by atoms with van der Waals surface area (Å²) in [4.78, 5) is 15.9. The van der Waals surface area contributed by atoms with Crippen LogP contribution < -0.4 is 10.6 Å². The van der Waals surface area contributed by atoms with Crippen molar-refractivity contribution in [3.05, 3.63) is 54.1 Å². The van der Waals surface area contributed by atoms with Gasteiger partial charge in [0, 0.05) is 37.6 Å². The van der Waals surface area contributed by atoms with Gasteiger partial charge in [-0.05, 0) is 24.2 Å². The number of benzene rings is 1. The number of imidazole rings is 1. The summed E-state index contributed by atoms with van der Waals surface area (Å²) in [5, 5.41) is 6.05. The van der Waals surface area contributed by atoms with E-state index in [2.05, 4.69) is 15.6 Å². The van der Waals surface area contributed by atoms with Crippen LogP contribution in [0.4, 0.5) is 0 Å². The van der Waals surface area contributed by atoms with Crippen LogP contribution in [-0.4, -0.2) is 35.1 Å². The number of carbonyl (C=O) groups is 1. The molecule has 5 heteroatoms. The lowest BCUT2D eigenvalue weighted by Crippen LogP contribution is -2.31. The first-order valence-corrected chi connectivity index (χ1v) is 6.83. The van der Waals surface area contributed by atoms with E-state index in [9.17, 15) is 4.79 Å². The van der Waals surface area contributed by atoms with Gasteiger partial charge in [0.1, 0.15) is 0 Å². The average Bonchev–Trinajstić information content (AvgIpc) is 2.97. The molecular formula is C15H20N4O. The van der Waals surface area contributed by atoms with Gasteiger partial charge in [0.25, 0.3) is 5.91 Å². The van der Waals surface area contributed by atoms with E-state index < -0.39 is 0 Å². The number of hydrogen-bond donors (Lipinski definition) is 2. The van der Waals surface area contributed by atoms with Crippen LogP contribution >= 0.6 is 0 Å². The molecule has 1 heterocycles. The summed E-state index contributed by atoms with van der Waals surface area (Å²) in [5.74, 6) is -0.0305. The fourth-order valence-electron chi connectivity index (χ4n) is 1.90. The Hall–Kier alpha value is -2.14. The van der Waals surface area contributed by atoms with Gasteiger partial charge >= 0.3 is 0 Å². The lowest BCUT2D eigenvalue weighted by Gasteiger charge is -2.07. The van der Waals surface area contributed by atoms with Crippen molar-refractivity contribution in [2.45, 2.75) is 13.5 Å². The van der Waals surface area contributed by atoms with Crippen molar-refractivity contribution in [3.63, 3.8) is 0 Å². The third-order valence-corrected chi connectivity index (χ3v) is 2.98. The molecule has 1 amide bonds. The highest BCUT2D eigenvalue weighted by Gasteiger charge is 2.04. The zero-order chi connectivity index (χ0) is 14.2. The van der Waals surface area contributed by atoms with E-state index >= 15 is 0 Å². The fraction of sp³-hybridized carbons (Fsp3) is 0.333. The molecule has 0 aliphatic carbocycles. The number of nitrogens with zero attached hydrogens (tertiary/aromatic N) is 2. The Labute approximate surface area is 119 Å². The van der Waals surface area contributed by atoms with E-state index in [1.807, 2.05) is 42.0 Å². The van der Waals surface area contributed by atoms with E-state index in [0.29, 0.717) is 12.1 Å². The molecule has 1 aromatic heterocycles. The first-order valence-electron chi connectivity index (χ1n) is 6.83.